The highest BCUT2D eigenvalue weighted by Crippen LogP contribution is 2.14. The van der Waals surface area contributed by atoms with Crippen LogP contribution in [0.25, 0.3) is 0 Å². The van der Waals surface area contributed by atoms with Gasteiger partial charge in [0.05, 0.1) is 6.20 Å². The quantitative estimate of drug-likeness (QED) is 0.776. The lowest BCUT2D eigenvalue weighted by atomic mass is 9.93. The number of aromatic nitrogens is 2. The van der Waals surface area contributed by atoms with Gasteiger partial charge in [0, 0.05) is 19.3 Å². The Morgan fingerprint density at radius 1 is 1.53 bits per heavy atom. The Balaban J connectivity index is 2.36. The molecule has 3 heteroatoms. The van der Waals surface area contributed by atoms with Crippen LogP contribution in [0.3, 0.4) is 0 Å². The molecule has 1 aromatic rings. The number of nitrogens with one attached hydrogen (secondary N) is 1. The molecule has 1 heterocycles. The van der Waals surface area contributed by atoms with Crippen LogP contribution in [0.1, 0.15) is 32.3 Å². The first-order valence-electron chi connectivity index (χ1n) is 5.82. The summed E-state index contributed by atoms with van der Waals surface area (Å²) in [6, 6.07) is 0.640. The van der Waals surface area contributed by atoms with Gasteiger partial charge in [-0.15, -0.1) is 0 Å². The van der Waals surface area contributed by atoms with E-state index < -0.39 is 0 Å². The maximum atomic E-state index is 4.18. The molecule has 0 fully saturated rings. The summed E-state index contributed by atoms with van der Waals surface area (Å²) in [6.07, 6.45) is 7.63. The Labute approximate surface area is 92.9 Å². The minimum absolute atomic E-state index is 0.640. The summed E-state index contributed by atoms with van der Waals surface area (Å²) in [5.41, 5.74) is 1.34. The summed E-state index contributed by atoms with van der Waals surface area (Å²) >= 11 is 0. The molecule has 1 rings (SSSR count). The Kier molecular flexibility index (Phi) is 4.82. The number of rotatable bonds is 6. The fraction of sp³-hybridized carbons (Fsp3) is 0.750. The van der Waals surface area contributed by atoms with Crippen LogP contribution in [0.2, 0.25) is 0 Å². The monoisotopic (exact) mass is 209 g/mol. The third kappa shape index (κ3) is 3.67. The first-order valence-corrected chi connectivity index (χ1v) is 5.82. The van der Waals surface area contributed by atoms with E-state index in [1.165, 1.54) is 18.4 Å². The Bertz CT molecular complexity index is 276. The van der Waals surface area contributed by atoms with Crippen LogP contribution in [0.15, 0.2) is 12.4 Å². The molecular weight excluding hydrogens is 186 g/mol. The number of hydrogen-bond donors (Lipinski definition) is 1. The van der Waals surface area contributed by atoms with Crippen molar-refractivity contribution in [3.05, 3.63) is 18.0 Å². The topological polar surface area (TPSA) is 29.9 Å². The number of aryl methyl sites for hydroxylation is 2. The van der Waals surface area contributed by atoms with Gasteiger partial charge in [-0.25, -0.2) is 0 Å². The van der Waals surface area contributed by atoms with Gasteiger partial charge in [-0.2, -0.15) is 5.10 Å². The molecular formula is C12H23N3. The first-order chi connectivity index (χ1) is 7.17. The minimum Gasteiger partial charge on any atom is -0.317 e. The number of hydrogen-bond acceptors (Lipinski definition) is 2. The lowest BCUT2D eigenvalue weighted by Gasteiger charge is -2.21. The van der Waals surface area contributed by atoms with Gasteiger partial charge >= 0.3 is 0 Å². The molecule has 1 N–H and O–H groups in total. The smallest absolute Gasteiger partial charge is 0.0521 e. The van der Waals surface area contributed by atoms with Gasteiger partial charge in [0.1, 0.15) is 0 Å². The average Bonchev–Trinajstić information content (AvgIpc) is 2.63. The van der Waals surface area contributed by atoms with E-state index in [2.05, 4.69) is 37.5 Å². The highest BCUT2D eigenvalue weighted by molar-refractivity contribution is 5.03. The van der Waals surface area contributed by atoms with Crippen LogP contribution in [0.5, 0.6) is 0 Å². The predicted molar refractivity (Wildman–Crippen MR) is 63.8 cm³/mol. The molecule has 0 aliphatic carbocycles. The molecule has 15 heavy (non-hydrogen) atoms. The van der Waals surface area contributed by atoms with Crippen LogP contribution in [0, 0.1) is 5.92 Å². The van der Waals surface area contributed by atoms with Crippen molar-refractivity contribution in [1.29, 1.82) is 0 Å². The molecule has 2 unspecified atom stereocenters. The molecule has 1 aromatic heterocycles. The van der Waals surface area contributed by atoms with E-state index in [1.807, 2.05) is 17.9 Å². The van der Waals surface area contributed by atoms with Gasteiger partial charge in [-0.05, 0) is 37.8 Å². The molecule has 2 atom stereocenters. The summed E-state index contributed by atoms with van der Waals surface area (Å²) in [7, 11) is 4.02. The summed E-state index contributed by atoms with van der Waals surface area (Å²) < 4.78 is 1.87. The molecule has 3 nitrogen and oxygen atoms in total. The Morgan fingerprint density at radius 2 is 2.27 bits per heavy atom. The van der Waals surface area contributed by atoms with Crippen molar-refractivity contribution < 1.29 is 0 Å². The van der Waals surface area contributed by atoms with Gasteiger partial charge in [0.2, 0.25) is 0 Å². The SMILES string of the molecule is CCC(NC)C(C)CCc1cnn(C)c1. The molecule has 86 valence electrons. The average molecular weight is 209 g/mol. The second-order valence-corrected chi connectivity index (χ2v) is 4.34. The molecule has 0 aliphatic heterocycles. The van der Waals surface area contributed by atoms with Crippen molar-refractivity contribution in [2.75, 3.05) is 7.05 Å². The van der Waals surface area contributed by atoms with Crippen molar-refractivity contribution >= 4 is 0 Å². The van der Waals surface area contributed by atoms with E-state index in [9.17, 15) is 0 Å². The third-order valence-electron chi connectivity index (χ3n) is 3.14. The van der Waals surface area contributed by atoms with E-state index in [0.717, 1.165) is 12.3 Å². The zero-order valence-corrected chi connectivity index (χ0v) is 10.3. The van der Waals surface area contributed by atoms with Crippen molar-refractivity contribution in [2.24, 2.45) is 13.0 Å². The zero-order valence-electron chi connectivity index (χ0n) is 10.3. The second-order valence-electron chi connectivity index (χ2n) is 4.34. The highest BCUT2D eigenvalue weighted by Gasteiger charge is 2.13. The largest absolute Gasteiger partial charge is 0.317 e. The maximum Gasteiger partial charge on any atom is 0.0521 e. The van der Waals surface area contributed by atoms with Gasteiger partial charge in [0.25, 0.3) is 0 Å². The highest BCUT2D eigenvalue weighted by atomic mass is 15.2. The van der Waals surface area contributed by atoms with Gasteiger partial charge in [0.15, 0.2) is 0 Å². The molecule has 0 saturated heterocycles. The molecule has 0 spiro atoms. The summed E-state index contributed by atoms with van der Waals surface area (Å²) in [6.45, 7) is 4.56. The van der Waals surface area contributed by atoms with Crippen molar-refractivity contribution in [3.63, 3.8) is 0 Å². The number of nitrogens with zero attached hydrogens (tertiary/aromatic N) is 2. The fourth-order valence-electron chi connectivity index (χ4n) is 2.09. The van der Waals surface area contributed by atoms with Gasteiger partial charge in [-0.1, -0.05) is 13.8 Å². The van der Waals surface area contributed by atoms with Gasteiger partial charge < -0.3 is 5.32 Å². The van der Waals surface area contributed by atoms with Crippen LogP contribution in [0.4, 0.5) is 0 Å². The second kappa shape index (κ2) is 5.91. The lowest BCUT2D eigenvalue weighted by Crippen LogP contribution is -2.31. The normalized spacial score (nSPS) is 15.2. The third-order valence-corrected chi connectivity index (χ3v) is 3.14. The molecule has 0 aromatic carbocycles. The van der Waals surface area contributed by atoms with Crippen LogP contribution in [-0.2, 0) is 13.5 Å². The summed E-state index contributed by atoms with van der Waals surface area (Å²) in [5.74, 6) is 0.722. The van der Waals surface area contributed by atoms with E-state index in [1.54, 1.807) is 0 Å². The molecule has 0 saturated carbocycles. The van der Waals surface area contributed by atoms with Crippen molar-refractivity contribution in [1.82, 2.24) is 15.1 Å². The van der Waals surface area contributed by atoms with E-state index in [-0.39, 0.29) is 0 Å². The Morgan fingerprint density at radius 3 is 2.73 bits per heavy atom. The molecule has 0 amide bonds. The maximum absolute atomic E-state index is 4.18. The lowest BCUT2D eigenvalue weighted by molar-refractivity contribution is 0.368. The van der Waals surface area contributed by atoms with Crippen LogP contribution < -0.4 is 5.32 Å². The Hall–Kier alpha value is -0.830. The van der Waals surface area contributed by atoms with Crippen molar-refractivity contribution in [3.8, 4) is 0 Å². The predicted octanol–water partition coefficient (Wildman–Crippen LogP) is 1.99. The zero-order chi connectivity index (χ0) is 11.3. The van der Waals surface area contributed by atoms with E-state index in [4.69, 9.17) is 0 Å². The van der Waals surface area contributed by atoms with Crippen molar-refractivity contribution in [2.45, 2.75) is 39.2 Å². The minimum atomic E-state index is 0.640. The van der Waals surface area contributed by atoms with E-state index >= 15 is 0 Å². The molecule has 0 radical (unpaired) electrons. The summed E-state index contributed by atoms with van der Waals surface area (Å²) in [5, 5.41) is 7.55. The molecule has 0 bridgehead atoms. The summed E-state index contributed by atoms with van der Waals surface area (Å²) in [4.78, 5) is 0. The van der Waals surface area contributed by atoms with Crippen LogP contribution >= 0.6 is 0 Å². The fourth-order valence-corrected chi connectivity index (χ4v) is 2.09. The standard InChI is InChI=1S/C12H23N3/c1-5-12(13-3)10(2)6-7-11-8-14-15(4)9-11/h8-10,12-13H,5-7H2,1-4H3. The molecule has 0 aliphatic rings. The van der Waals surface area contributed by atoms with E-state index in [0.29, 0.717) is 6.04 Å². The van der Waals surface area contributed by atoms with Crippen LogP contribution in [-0.4, -0.2) is 22.9 Å². The first kappa shape index (κ1) is 12.2. The van der Waals surface area contributed by atoms with Gasteiger partial charge in [-0.3, -0.25) is 4.68 Å².